The summed E-state index contributed by atoms with van der Waals surface area (Å²) in [6.45, 7) is 4.00. The van der Waals surface area contributed by atoms with Crippen LogP contribution >= 0.6 is 0 Å². The van der Waals surface area contributed by atoms with Gasteiger partial charge in [0.2, 0.25) is 5.91 Å². The normalized spacial score (nSPS) is 10.5. The number of methoxy groups -OCH3 is 1. The fraction of sp³-hybridized carbons (Fsp3) is 0.208. The SMILES string of the molecule is COc1ccc(CC(=O)Nc2ccc(Nc3ccccc3OC(C)C)cc2)cc1. The summed E-state index contributed by atoms with van der Waals surface area (Å²) in [5.41, 5.74) is 3.50. The second-order valence-electron chi connectivity index (χ2n) is 6.94. The molecular weight excluding hydrogens is 364 g/mol. The number of amides is 1. The number of hydrogen-bond acceptors (Lipinski definition) is 4. The van der Waals surface area contributed by atoms with Crippen molar-refractivity contribution in [3.8, 4) is 11.5 Å². The second-order valence-corrected chi connectivity index (χ2v) is 6.94. The number of ether oxygens (including phenoxy) is 2. The van der Waals surface area contributed by atoms with E-state index in [9.17, 15) is 4.79 Å². The fourth-order valence-electron chi connectivity index (χ4n) is 2.85. The zero-order valence-corrected chi connectivity index (χ0v) is 16.9. The number of carbonyl (C=O) groups excluding carboxylic acids is 1. The molecule has 0 saturated carbocycles. The first-order valence-corrected chi connectivity index (χ1v) is 9.59. The Morgan fingerprint density at radius 2 is 1.55 bits per heavy atom. The van der Waals surface area contributed by atoms with E-state index in [-0.39, 0.29) is 12.0 Å². The monoisotopic (exact) mass is 390 g/mol. The molecule has 0 aromatic heterocycles. The summed E-state index contributed by atoms with van der Waals surface area (Å²) in [6.07, 6.45) is 0.408. The molecule has 5 heteroatoms. The molecule has 0 unspecified atom stereocenters. The van der Waals surface area contributed by atoms with Crippen LogP contribution in [0.3, 0.4) is 0 Å². The molecule has 0 aliphatic heterocycles. The molecule has 0 atom stereocenters. The Hall–Kier alpha value is -3.47. The minimum atomic E-state index is -0.0634. The molecule has 3 aromatic carbocycles. The maximum absolute atomic E-state index is 12.3. The Morgan fingerprint density at radius 1 is 0.897 bits per heavy atom. The van der Waals surface area contributed by atoms with Crippen LogP contribution in [-0.2, 0) is 11.2 Å². The van der Waals surface area contributed by atoms with E-state index in [0.29, 0.717) is 6.42 Å². The van der Waals surface area contributed by atoms with Gasteiger partial charge in [-0.15, -0.1) is 0 Å². The zero-order valence-electron chi connectivity index (χ0n) is 16.9. The second kappa shape index (κ2) is 9.64. The molecule has 29 heavy (non-hydrogen) atoms. The van der Waals surface area contributed by atoms with Crippen molar-refractivity contribution in [2.24, 2.45) is 0 Å². The third-order valence-electron chi connectivity index (χ3n) is 4.22. The van der Waals surface area contributed by atoms with Crippen molar-refractivity contribution >= 4 is 23.0 Å². The van der Waals surface area contributed by atoms with Gasteiger partial charge in [0.05, 0.1) is 25.3 Å². The Bertz CT molecular complexity index is 935. The summed E-state index contributed by atoms with van der Waals surface area (Å²) >= 11 is 0. The van der Waals surface area contributed by atoms with E-state index in [0.717, 1.165) is 34.1 Å². The lowest BCUT2D eigenvalue weighted by Gasteiger charge is -2.15. The van der Waals surface area contributed by atoms with Gasteiger partial charge in [-0.25, -0.2) is 0 Å². The minimum Gasteiger partial charge on any atom is -0.497 e. The van der Waals surface area contributed by atoms with Gasteiger partial charge in [-0.3, -0.25) is 4.79 Å². The maximum Gasteiger partial charge on any atom is 0.228 e. The van der Waals surface area contributed by atoms with Gasteiger partial charge in [0.1, 0.15) is 11.5 Å². The number of para-hydroxylation sites is 2. The van der Waals surface area contributed by atoms with Crippen LogP contribution in [0.2, 0.25) is 0 Å². The third-order valence-corrected chi connectivity index (χ3v) is 4.22. The van der Waals surface area contributed by atoms with E-state index in [4.69, 9.17) is 9.47 Å². The Balaban J connectivity index is 1.59. The fourth-order valence-corrected chi connectivity index (χ4v) is 2.85. The van der Waals surface area contributed by atoms with Gasteiger partial charge in [0.25, 0.3) is 0 Å². The highest BCUT2D eigenvalue weighted by Gasteiger charge is 2.07. The molecule has 150 valence electrons. The summed E-state index contributed by atoms with van der Waals surface area (Å²) in [5.74, 6) is 1.52. The smallest absolute Gasteiger partial charge is 0.228 e. The molecule has 0 heterocycles. The lowest BCUT2D eigenvalue weighted by atomic mass is 10.1. The van der Waals surface area contributed by atoms with Crippen LogP contribution in [0.15, 0.2) is 72.8 Å². The lowest BCUT2D eigenvalue weighted by molar-refractivity contribution is -0.115. The van der Waals surface area contributed by atoms with E-state index in [1.807, 2.05) is 86.6 Å². The largest absolute Gasteiger partial charge is 0.497 e. The first kappa shape index (κ1) is 20.3. The maximum atomic E-state index is 12.3. The molecule has 5 nitrogen and oxygen atoms in total. The first-order valence-electron chi connectivity index (χ1n) is 9.59. The van der Waals surface area contributed by atoms with Gasteiger partial charge in [-0.1, -0.05) is 24.3 Å². The van der Waals surface area contributed by atoms with Crippen LogP contribution in [0, 0.1) is 0 Å². The lowest BCUT2D eigenvalue weighted by Crippen LogP contribution is -2.14. The van der Waals surface area contributed by atoms with Crippen LogP contribution in [0.4, 0.5) is 17.1 Å². The van der Waals surface area contributed by atoms with E-state index in [1.165, 1.54) is 0 Å². The van der Waals surface area contributed by atoms with Gasteiger partial charge >= 0.3 is 0 Å². The van der Waals surface area contributed by atoms with E-state index >= 15 is 0 Å². The molecule has 0 fully saturated rings. The van der Waals surface area contributed by atoms with Crippen molar-refractivity contribution in [2.75, 3.05) is 17.7 Å². The first-order chi connectivity index (χ1) is 14.0. The molecular formula is C24H26N2O3. The molecule has 0 saturated heterocycles. The molecule has 0 radical (unpaired) electrons. The predicted molar refractivity (Wildman–Crippen MR) is 117 cm³/mol. The van der Waals surface area contributed by atoms with Gasteiger partial charge < -0.3 is 20.1 Å². The van der Waals surface area contributed by atoms with Crippen LogP contribution in [0.25, 0.3) is 0 Å². The molecule has 0 aliphatic rings. The predicted octanol–water partition coefficient (Wildman–Crippen LogP) is 5.41. The van der Waals surface area contributed by atoms with Gasteiger partial charge in [-0.2, -0.15) is 0 Å². The Morgan fingerprint density at radius 3 is 2.21 bits per heavy atom. The Labute approximate surface area is 171 Å². The molecule has 0 bridgehead atoms. The molecule has 0 aliphatic carbocycles. The summed E-state index contributed by atoms with van der Waals surface area (Å²) in [5, 5.41) is 6.28. The van der Waals surface area contributed by atoms with Gasteiger partial charge in [-0.05, 0) is 67.9 Å². The van der Waals surface area contributed by atoms with Crippen LogP contribution in [0.1, 0.15) is 19.4 Å². The standard InChI is InChI=1S/C24H26N2O3/c1-17(2)29-23-7-5-4-6-22(23)25-19-10-12-20(13-11-19)26-24(27)16-18-8-14-21(28-3)15-9-18/h4-15,17,25H,16H2,1-3H3,(H,26,27). The number of benzene rings is 3. The average Bonchev–Trinajstić information content (AvgIpc) is 2.71. The highest BCUT2D eigenvalue weighted by Crippen LogP contribution is 2.28. The molecule has 0 spiro atoms. The Kier molecular flexibility index (Phi) is 6.74. The van der Waals surface area contributed by atoms with Crippen molar-refractivity contribution in [2.45, 2.75) is 26.4 Å². The summed E-state index contributed by atoms with van der Waals surface area (Å²) in [4.78, 5) is 12.3. The topological polar surface area (TPSA) is 59.6 Å². The number of nitrogens with one attached hydrogen (secondary N) is 2. The van der Waals surface area contributed by atoms with E-state index in [1.54, 1.807) is 7.11 Å². The van der Waals surface area contributed by atoms with Crippen LogP contribution in [0.5, 0.6) is 11.5 Å². The molecule has 3 aromatic rings. The van der Waals surface area contributed by atoms with Crippen molar-refractivity contribution in [1.29, 1.82) is 0 Å². The minimum absolute atomic E-state index is 0.0634. The number of hydrogen-bond donors (Lipinski definition) is 2. The molecule has 3 rings (SSSR count). The summed E-state index contributed by atoms with van der Waals surface area (Å²) in [6, 6.07) is 22.9. The quantitative estimate of drug-likeness (QED) is 0.540. The van der Waals surface area contributed by atoms with Crippen molar-refractivity contribution < 1.29 is 14.3 Å². The summed E-state index contributed by atoms with van der Waals surface area (Å²) in [7, 11) is 1.62. The third kappa shape index (κ3) is 6.01. The van der Waals surface area contributed by atoms with Crippen LogP contribution in [-0.4, -0.2) is 19.1 Å². The number of anilines is 3. The van der Waals surface area contributed by atoms with Crippen molar-refractivity contribution in [3.63, 3.8) is 0 Å². The highest BCUT2D eigenvalue weighted by atomic mass is 16.5. The number of carbonyl (C=O) groups is 1. The van der Waals surface area contributed by atoms with Crippen LogP contribution < -0.4 is 20.1 Å². The van der Waals surface area contributed by atoms with Gasteiger partial charge in [0, 0.05) is 11.4 Å². The van der Waals surface area contributed by atoms with Crippen molar-refractivity contribution in [3.05, 3.63) is 78.4 Å². The average molecular weight is 390 g/mol. The zero-order chi connectivity index (χ0) is 20.6. The number of rotatable bonds is 8. The van der Waals surface area contributed by atoms with E-state index in [2.05, 4.69) is 10.6 Å². The molecule has 1 amide bonds. The van der Waals surface area contributed by atoms with Gasteiger partial charge in [0.15, 0.2) is 0 Å². The van der Waals surface area contributed by atoms with Crippen molar-refractivity contribution in [1.82, 2.24) is 0 Å². The highest BCUT2D eigenvalue weighted by molar-refractivity contribution is 5.92. The molecule has 2 N–H and O–H groups in total. The summed E-state index contributed by atoms with van der Waals surface area (Å²) < 4.78 is 11.0. The van der Waals surface area contributed by atoms with E-state index < -0.39 is 0 Å².